The van der Waals surface area contributed by atoms with Gasteiger partial charge in [0, 0.05) is 30.2 Å². The minimum atomic E-state index is -0.181. The highest BCUT2D eigenvalue weighted by molar-refractivity contribution is 5.72. The van der Waals surface area contributed by atoms with Crippen molar-refractivity contribution in [3.05, 3.63) is 66.6 Å². The molecule has 0 bridgehead atoms. The lowest BCUT2D eigenvalue weighted by molar-refractivity contribution is 0.594. The average molecular weight is 282 g/mol. The summed E-state index contributed by atoms with van der Waals surface area (Å²) in [5.41, 5.74) is 9.04. The van der Waals surface area contributed by atoms with Crippen molar-refractivity contribution < 1.29 is 4.39 Å². The highest BCUT2D eigenvalue weighted by Crippen LogP contribution is 2.24. The van der Waals surface area contributed by atoms with Crippen molar-refractivity contribution in [1.82, 2.24) is 14.5 Å². The van der Waals surface area contributed by atoms with E-state index in [4.69, 9.17) is 5.73 Å². The first-order chi connectivity index (χ1) is 10.3. The van der Waals surface area contributed by atoms with Crippen LogP contribution < -0.4 is 5.73 Å². The Morgan fingerprint density at radius 1 is 1.10 bits per heavy atom. The van der Waals surface area contributed by atoms with Crippen LogP contribution in [0.2, 0.25) is 0 Å². The molecule has 2 heterocycles. The SMILES string of the molecule is Nc1ccncc1-c1cncn1CCc1ccccc1F. The van der Waals surface area contributed by atoms with E-state index in [1.807, 2.05) is 10.6 Å². The van der Waals surface area contributed by atoms with E-state index in [1.54, 1.807) is 43.1 Å². The quantitative estimate of drug-likeness (QED) is 0.800. The fourth-order valence-electron chi connectivity index (χ4n) is 2.28. The summed E-state index contributed by atoms with van der Waals surface area (Å²) in [6.07, 6.45) is 7.43. The molecule has 2 aromatic heterocycles. The molecule has 106 valence electrons. The maximum Gasteiger partial charge on any atom is 0.126 e. The number of nitrogen functional groups attached to an aromatic ring is 1. The van der Waals surface area contributed by atoms with Crippen LogP contribution >= 0.6 is 0 Å². The van der Waals surface area contributed by atoms with Crippen molar-refractivity contribution in [2.75, 3.05) is 5.73 Å². The van der Waals surface area contributed by atoms with E-state index in [0.29, 0.717) is 24.2 Å². The number of rotatable bonds is 4. The number of nitrogens with zero attached hydrogens (tertiary/aromatic N) is 3. The molecule has 3 rings (SSSR count). The Hall–Kier alpha value is -2.69. The standard InChI is InChI=1S/C16H15FN4/c17-14-4-2-1-3-12(14)6-8-21-11-20-10-16(21)13-9-19-7-5-15(13)18/h1-5,7,9-11H,6,8H2,(H2,18,19). The van der Waals surface area contributed by atoms with Crippen LogP contribution in [0, 0.1) is 5.82 Å². The van der Waals surface area contributed by atoms with Gasteiger partial charge in [-0.2, -0.15) is 0 Å². The van der Waals surface area contributed by atoms with Crippen molar-refractivity contribution >= 4 is 5.69 Å². The molecule has 0 spiro atoms. The molecule has 0 aliphatic carbocycles. The van der Waals surface area contributed by atoms with Crippen LogP contribution in [0.25, 0.3) is 11.3 Å². The Labute approximate surface area is 122 Å². The number of hydrogen-bond donors (Lipinski definition) is 1. The second-order valence-corrected chi connectivity index (χ2v) is 4.78. The van der Waals surface area contributed by atoms with Gasteiger partial charge in [0.15, 0.2) is 0 Å². The number of hydrogen-bond acceptors (Lipinski definition) is 3. The highest BCUT2D eigenvalue weighted by atomic mass is 19.1. The molecule has 0 unspecified atom stereocenters. The summed E-state index contributed by atoms with van der Waals surface area (Å²) in [6.45, 7) is 0.630. The lowest BCUT2D eigenvalue weighted by atomic mass is 10.1. The zero-order chi connectivity index (χ0) is 14.7. The predicted molar refractivity (Wildman–Crippen MR) is 80.0 cm³/mol. The molecule has 0 aliphatic heterocycles. The third-order valence-electron chi connectivity index (χ3n) is 3.42. The van der Waals surface area contributed by atoms with Gasteiger partial charge in [0.2, 0.25) is 0 Å². The molecule has 2 N–H and O–H groups in total. The number of anilines is 1. The molecule has 0 aliphatic rings. The van der Waals surface area contributed by atoms with Gasteiger partial charge in [0.05, 0.1) is 18.2 Å². The lowest BCUT2D eigenvalue weighted by Crippen LogP contribution is -2.04. The minimum Gasteiger partial charge on any atom is -0.398 e. The highest BCUT2D eigenvalue weighted by Gasteiger charge is 2.09. The Morgan fingerprint density at radius 3 is 2.76 bits per heavy atom. The maximum absolute atomic E-state index is 13.7. The van der Waals surface area contributed by atoms with Crippen LogP contribution in [0.1, 0.15) is 5.56 Å². The third kappa shape index (κ3) is 2.76. The van der Waals surface area contributed by atoms with Crippen molar-refractivity contribution in [3.8, 4) is 11.3 Å². The molecule has 4 nitrogen and oxygen atoms in total. The summed E-state index contributed by atoms with van der Waals surface area (Å²) in [6, 6.07) is 8.56. The third-order valence-corrected chi connectivity index (χ3v) is 3.42. The van der Waals surface area contributed by atoms with E-state index in [-0.39, 0.29) is 5.82 Å². The summed E-state index contributed by atoms with van der Waals surface area (Å²) in [5, 5.41) is 0. The number of nitrogens with two attached hydrogens (primary N) is 1. The van der Waals surface area contributed by atoms with Gasteiger partial charge in [0.1, 0.15) is 5.82 Å². The first kappa shape index (κ1) is 13.3. The number of imidazole rings is 1. The maximum atomic E-state index is 13.7. The summed E-state index contributed by atoms with van der Waals surface area (Å²) in [4.78, 5) is 8.25. The molecule has 0 atom stereocenters. The molecule has 0 fully saturated rings. The molecular formula is C16H15FN4. The Balaban J connectivity index is 1.84. The fourth-order valence-corrected chi connectivity index (χ4v) is 2.28. The molecule has 1 aromatic carbocycles. The van der Waals surface area contributed by atoms with Gasteiger partial charge in [-0.15, -0.1) is 0 Å². The van der Waals surface area contributed by atoms with Gasteiger partial charge < -0.3 is 10.3 Å². The zero-order valence-electron chi connectivity index (χ0n) is 11.4. The number of benzene rings is 1. The molecule has 0 saturated heterocycles. The van der Waals surface area contributed by atoms with E-state index >= 15 is 0 Å². The molecular weight excluding hydrogens is 267 g/mol. The summed E-state index contributed by atoms with van der Waals surface area (Å²) >= 11 is 0. The number of aromatic nitrogens is 3. The minimum absolute atomic E-state index is 0.181. The monoisotopic (exact) mass is 282 g/mol. The van der Waals surface area contributed by atoms with E-state index in [9.17, 15) is 4.39 Å². The normalized spacial score (nSPS) is 10.7. The van der Waals surface area contributed by atoms with Gasteiger partial charge in [-0.1, -0.05) is 18.2 Å². The van der Waals surface area contributed by atoms with E-state index < -0.39 is 0 Å². The predicted octanol–water partition coefficient (Wildman–Crippen LogP) is 2.91. The number of halogens is 1. The van der Waals surface area contributed by atoms with Crippen LogP contribution in [0.15, 0.2) is 55.2 Å². The van der Waals surface area contributed by atoms with Gasteiger partial charge in [-0.3, -0.25) is 4.98 Å². The fraction of sp³-hybridized carbons (Fsp3) is 0.125. The number of pyridine rings is 1. The second-order valence-electron chi connectivity index (χ2n) is 4.78. The van der Waals surface area contributed by atoms with Crippen molar-refractivity contribution in [1.29, 1.82) is 0 Å². The summed E-state index contributed by atoms with van der Waals surface area (Å²) < 4.78 is 15.6. The first-order valence-corrected chi connectivity index (χ1v) is 6.69. The van der Waals surface area contributed by atoms with E-state index in [2.05, 4.69) is 9.97 Å². The molecule has 3 aromatic rings. The van der Waals surface area contributed by atoms with Crippen LogP contribution in [-0.4, -0.2) is 14.5 Å². The number of aryl methyl sites for hydroxylation is 2. The Kier molecular flexibility index (Phi) is 3.64. The summed E-state index contributed by atoms with van der Waals surface area (Å²) in [5.74, 6) is -0.181. The topological polar surface area (TPSA) is 56.7 Å². The molecule has 0 radical (unpaired) electrons. The average Bonchev–Trinajstić information content (AvgIpc) is 2.95. The van der Waals surface area contributed by atoms with Gasteiger partial charge >= 0.3 is 0 Å². The van der Waals surface area contributed by atoms with E-state index in [1.165, 1.54) is 6.07 Å². The van der Waals surface area contributed by atoms with Gasteiger partial charge in [-0.05, 0) is 24.1 Å². The van der Waals surface area contributed by atoms with Crippen LogP contribution in [-0.2, 0) is 13.0 Å². The van der Waals surface area contributed by atoms with E-state index in [0.717, 1.165) is 11.3 Å². The van der Waals surface area contributed by atoms with Crippen molar-refractivity contribution in [3.63, 3.8) is 0 Å². The van der Waals surface area contributed by atoms with Gasteiger partial charge in [0.25, 0.3) is 0 Å². The lowest BCUT2D eigenvalue weighted by Gasteiger charge is -2.10. The van der Waals surface area contributed by atoms with Crippen molar-refractivity contribution in [2.24, 2.45) is 0 Å². The van der Waals surface area contributed by atoms with Crippen LogP contribution in [0.3, 0.4) is 0 Å². The Bertz CT molecular complexity index is 751. The first-order valence-electron chi connectivity index (χ1n) is 6.69. The van der Waals surface area contributed by atoms with Crippen LogP contribution in [0.4, 0.5) is 10.1 Å². The molecule has 0 saturated carbocycles. The van der Waals surface area contributed by atoms with Gasteiger partial charge in [-0.25, -0.2) is 9.37 Å². The smallest absolute Gasteiger partial charge is 0.126 e. The zero-order valence-corrected chi connectivity index (χ0v) is 11.4. The Morgan fingerprint density at radius 2 is 1.95 bits per heavy atom. The van der Waals surface area contributed by atoms with Crippen LogP contribution in [0.5, 0.6) is 0 Å². The molecule has 5 heteroatoms. The summed E-state index contributed by atoms with van der Waals surface area (Å²) in [7, 11) is 0. The molecule has 0 amide bonds. The molecule has 21 heavy (non-hydrogen) atoms. The second kappa shape index (κ2) is 5.75. The van der Waals surface area contributed by atoms with Crippen molar-refractivity contribution in [2.45, 2.75) is 13.0 Å². The largest absolute Gasteiger partial charge is 0.398 e.